The Kier molecular flexibility index (Phi) is 6.78. The van der Waals surface area contributed by atoms with Crippen LogP contribution >= 0.6 is 0 Å². The highest BCUT2D eigenvalue weighted by atomic mass is 16.6. The van der Waals surface area contributed by atoms with Crippen molar-refractivity contribution in [2.24, 2.45) is 0 Å². The Hall–Kier alpha value is -3.53. The van der Waals surface area contributed by atoms with Crippen LogP contribution in [0.5, 0.6) is 5.75 Å². The third kappa shape index (κ3) is 5.75. The van der Waals surface area contributed by atoms with E-state index in [1.165, 1.54) is 0 Å². The van der Waals surface area contributed by atoms with Crippen molar-refractivity contribution in [3.63, 3.8) is 0 Å². The zero-order valence-corrected chi connectivity index (χ0v) is 14.4. The number of rotatable bonds is 9. The highest BCUT2D eigenvalue weighted by molar-refractivity contribution is 6.05. The molecule has 10 nitrogen and oxygen atoms in total. The summed E-state index contributed by atoms with van der Waals surface area (Å²) in [4.78, 5) is 32.6. The number of nitrogens with one attached hydrogen (secondary N) is 1. The Morgan fingerprint density at radius 2 is 1.70 bits per heavy atom. The van der Waals surface area contributed by atoms with Crippen molar-refractivity contribution < 1.29 is 24.1 Å². The summed E-state index contributed by atoms with van der Waals surface area (Å²) in [6.45, 7) is 3.20. The van der Waals surface area contributed by atoms with Crippen molar-refractivity contribution in [3.05, 3.63) is 68.3 Å². The summed E-state index contributed by atoms with van der Waals surface area (Å²) in [7, 11) is 0. The van der Waals surface area contributed by atoms with Crippen LogP contribution in [0.25, 0.3) is 0 Å². The Bertz CT molecular complexity index is 822. The molecular weight excluding hydrogens is 358 g/mol. The molecule has 0 radical (unpaired) electrons. The molecule has 27 heavy (non-hydrogen) atoms. The number of non-ortho nitro benzene ring substituents is 2. The minimum Gasteiger partial charge on any atom is -0.491 e. The number of carbonyl (C=O) groups is 1. The molecule has 0 unspecified atom stereocenters. The lowest BCUT2D eigenvalue weighted by Gasteiger charge is -2.09. The minimum atomic E-state index is -0.795. The van der Waals surface area contributed by atoms with Gasteiger partial charge in [-0.2, -0.15) is 0 Å². The van der Waals surface area contributed by atoms with E-state index in [9.17, 15) is 25.0 Å². The average Bonchev–Trinajstić information content (AvgIpc) is 2.65. The number of hydrogen-bond donors (Lipinski definition) is 1. The maximum Gasteiger partial charge on any atom is 0.277 e. The van der Waals surface area contributed by atoms with Crippen LogP contribution in [0.1, 0.15) is 17.3 Å². The molecule has 10 heteroatoms. The lowest BCUT2D eigenvalue weighted by Crippen LogP contribution is -2.13. The topological polar surface area (TPSA) is 134 Å². The summed E-state index contributed by atoms with van der Waals surface area (Å²) in [5.74, 6) is -0.217. The van der Waals surface area contributed by atoms with Gasteiger partial charge >= 0.3 is 0 Å². The minimum absolute atomic E-state index is 0.196. The summed E-state index contributed by atoms with van der Waals surface area (Å²) < 4.78 is 10.6. The third-order valence-electron chi connectivity index (χ3n) is 3.38. The Balaban J connectivity index is 2.15. The number of benzene rings is 2. The first-order chi connectivity index (χ1) is 12.9. The first-order valence-corrected chi connectivity index (χ1v) is 7.96. The lowest BCUT2D eigenvalue weighted by molar-refractivity contribution is -0.394. The molecule has 0 atom stereocenters. The number of nitro benzene ring substituents is 2. The zero-order chi connectivity index (χ0) is 19.8. The Morgan fingerprint density at radius 3 is 2.30 bits per heavy atom. The van der Waals surface area contributed by atoms with Gasteiger partial charge in [0.25, 0.3) is 17.3 Å². The fourth-order valence-corrected chi connectivity index (χ4v) is 2.17. The second-order valence-electron chi connectivity index (χ2n) is 5.28. The molecular formula is C17H17N3O7. The molecule has 1 N–H and O–H groups in total. The Morgan fingerprint density at radius 1 is 1.04 bits per heavy atom. The molecule has 2 aromatic rings. The van der Waals surface area contributed by atoms with Gasteiger partial charge in [0, 0.05) is 30.5 Å². The maximum absolute atomic E-state index is 12.4. The van der Waals surface area contributed by atoms with Gasteiger partial charge in [0.05, 0.1) is 28.1 Å². The van der Waals surface area contributed by atoms with E-state index < -0.39 is 27.1 Å². The van der Waals surface area contributed by atoms with E-state index in [1.54, 1.807) is 24.3 Å². The maximum atomic E-state index is 12.4. The van der Waals surface area contributed by atoms with Gasteiger partial charge in [-0.15, -0.1) is 0 Å². The van der Waals surface area contributed by atoms with Gasteiger partial charge in [0.1, 0.15) is 12.4 Å². The van der Waals surface area contributed by atoms with E-state index in [0.717, 1.165) is 18.2 Å². The van der Waals surface area contributed by atoms with Gasteiger partial charge in [-0.05, 0) is 19.1 Å². The normalized spacial score (nSPS) is 10.3. The number of nitro groups is 2. The summed E-state index contributed by atoms with van der Waals surface area (Å²) in [5.41, 5.74) is -0.897. The predicted octanol–water partition coefficient (Wildman–Crippen LogP) is 3.17. The molecule has 0 aromatic heterocycles. The van der Waals surface area contributed by atoms with Crippen LogP contribution in [0.15, 0.2) is 42.5 Å². The van der Waals surface area contributed by atoms with E-state index in [2.05, 4.69) is 5.32 Å². The highest BCUT2D eigenvalue weighted by Crippen LogP contribution is 2.24. The zero-order valence-electron chi connectivity index (χ0n) is 14.4. The molecule has 0 fully saturated rings. The molecule has 0 aliphatic rings. The van der Waals surface area contributed by atoms with Crippen molar-refractivity contribution in [2.45, 2.75) is 6.92 Å². The third-order valence-corrected chi connectivity index (χ3v) is 3.38. The van der Waals surface area contributed by atoms with Crippen molar-refractivity contribution in [2.75, 3.05) is 25.1 Å². The first-order valence-electron chi connectivity index (χ1n) is 7.96. The number of carbonyl (C=O) groups excluding carboxylic acids is 1. The van der Waals surface area contributed by atoms with Gasteiger partial charge in [-0.25, -0.2) is 0 Å². The molecule has 0 aliphatic carbocycles. The molecule has 0 heterocycles. The molecule has 0 bridgehead atoms. The molecule has 0 aliphatic heterocycles. The summed E-state index contributed by atoms with van der Waals surface area (Å²) >= 11 is 0. The van der Waals surface area contributed by atoms with E-state index >= 15 is 0 Å². The number of ether oxygens (including phenoxy) is 2. The van der Waals surface area contributed by atoms with Crippen LogP contribution in [0.2, 0.25) is 0 Å². The number of anilines is 1. The number of nitrogens with zero attached hydrogens (tertiary/aromatic N) is 2. The number of amides is 1. The fraction of sp³-hybridized carbons (Fsp3) is 0.235. The second kappa shape index (κ2) is 9.25. The van der Waals surface area contributed by atoms with Crippen molar-refractivity contribution in [1.82, 2.24) is 0 Å². The Labute approximate surface area is 154 Å². The molecule has 2 aromatic carbocycles. The van der Waals surface area contributed by atoms with Gasteiger partial charge in [0.15, 0.2) is 0 Å². The summed E-state index contributed by atoms with van der Waals surface area (Å²) in [5, 5.41) is 24.4. The van der Waals surface area contributed by atoms with Crippen LogP contribution in [0.4, 0.5) is 17.1 Å². The molecule has 1 amide bonds. The van der Waals surface area contributed by atoms with Crippen LogP contribution in [-0.2, 0) is 4.74 Å². The first kappa shape index (κ1) is 19.8. The SMILES string of the molecule is CCOCCOc1cccc(NC(=O)c2cc([N+](=O)[O-])cc([N+](=O)[O-])c2)c1. The van der Waals surface area contributed by atoms with E-state index in [0.29, 0.717) is 31.3 Å². The van der Waals surface area contributed by atoms with Crippen molar-refractivity contribution >= 4 is 23.0 Å². The largest absolute Gasteiger partial charge is 0.491 e. The van der Waals surface area contributed by atoms with Crippen LogP contribution in [-0.4, -0.2) is 35.6 Å². The fourth-order valence-electron chi connectivity index (χ4n) is 2.17. The quantitative estimate of drug-likeness (QED) is 0.404. The van der Waals surface area contributed by atoms with Gasteiger partial charge in [-0.1, -0.05) is 6.07 Å². The van der Waals surface area contributed by atoms with Gasteiger partial charge in [-0.3, -0.25) is 25.0 Å². The molecule has 0 saturated carbocycles. The van der Waals surface area contributed by atoms with Crippen LogP contribution < -0.4 is 10.1 Å². The van der Waals surface area contributed by atoms with Crippen molar-refractivity contribution in [3.8, 4) is 5.75 Å². The smallest absolute Gasteiger partial charge is 0.277 e. The van der Waals surface area contributed by atoms with Gasteiger partial charge < -0.3 is 14.8 Å². The molecule has 142 valence electrons. The van der Waals surface area contributed by atoms with Gasteiger partial charge in [0.2, 0.25) is 0 Å². The number of hydrogen-bond acceptors (Lipinski definition) is 7. The average molecular weight is 375 g/mol. The predicted molar refractivity (Wildman–Crippen MR) is 96.1 cm³/mol. The van der Waals surface area contributed by atoms with E-state index in [-0.39, 0.29) is 5.56 Å². The second-order valence-corrected chi connectivity index (χ2v) is 5.28. The highest BCUT2D eigenvalue weighted by Gasteiger charge is 2.20. The monoisotopic (exact) mass is 375 g/mol. The standard InChI is InChI=1S/C17H17N3O7/c1-2-26-6-7-27-16-5-3-4-13(10-16)18-17(21)12-8-14(19(22)23)11-15(9-12)20(24)25/h3-5,8-11H,2,6-7H2,1H3,(H,18,21). The molecule has 0 spiro atoms. The van der Waals surface area contributed by atoms with E-state index in [4.69, 9.17) is 9.47 Å². The van der Waals surface area contributed by atoms with E-state index in [1.807, 2.05) is 6.92 Å². The van der Waals surface area contributed by atoms with Crippen LogP contribution in [0, 0.1) is 20.2 Å². The van der Waals surface area contributed by atoms with Crippen LogP contribution in [0.3, 0.4) is 0 Å². The van der Waals surface area contributed by atoms with Crippen molar-refractivity contribution in [1.29, 1.82) is 0 Å². The lowest BCUT2D eigenvalue weighted by atomic mass is 10.1. The summed E-state index contributed by atoms with van der Waals surface area (Å²) in [6, 6.07) is 9.26. The summed E-state index contributed by atoms with van der Waals surface area (Å²) in [6.07, 6.45) is 0. The molecule has 0 saturated heterocycles. The molecule has 2 rings (SSSR count).